The van der Waals surface area contributed by atoms with Crippen LogP contribution in [0, 0.1) is 6.92 Å². The van der Waals surface area contributed by atoms with Crippen LogP contribution in [0.1, 0.15) is 46.2 Å². The molecule has 32 heavy (non-hydrogen) atoms. The quantitative estimate of drug-likeness (QED) is 0.462. The van der Waals surface area contributed by atoms with E-state index in [1.807, 2.05) is 30.3 Å². The molecule has 0 saturated carbocycles. The average Bonchev–Trinajstić information content (AvgIpc) is 3.16. The second-order valence-electron chi connectivity index (χ2n) is 7.49. The maximum absolute atomic E-state index is 12.7. The summed E-state index contributed by atoms with van der Waals surface area (Å²) in [4.78, 5) is 12.4. The van der Waals surface area contributed by atoms with Gasteiger partial charge in [-0.1, -0.05) is 31.2 Å². The van der Waals surface area contributed by atoms with E-state index in [1.54, 1.807) is 25.1 Å². The maximum atomic E-state index is 12.7. The fourth-order valence-corrected chi connectivity index (χ4v) is 3.20. The van der Waals surface area contributed by atoms with Crippen molar-refractivity contribution in [3.63, 3.8) is 0 Å². The number of hydrogen-bond acceptors (Lipinski definition) is 3. The van der Waals surface area contributed by atoms with Gasteiger partial charge in [-0.15, -0.1) is 0 Å². The van der Waals surface area contributed by atoms with Crippen molar-refractivity contribution >= 4 is 5.91 Å². The number of rotatable bonds is 9. The number of hydrogen-bond donors (Lipinski definition) is 1. The Kier molecular flexibility index (Phi) is 7.56. The molecule has 0 aliphatic carbocycles. The van der Waals surface area contributed by atoms with E-state index in [0.29, 0.717) is 30.8 Å². The molecule has 1 N–H and O–H groups in total. The zero-order valence-electron chi connectivity index (χ0n) is 18.1. The molecule has 0 spiro atoms. The van der Waals surface area contributed by atoms with Crippen molar-refractivity contribution < 1.29 is 22.7 Å². The number of aromatic nitrogens is 2. The number of carbonyl (C=O) groups excluding carboxylic acids is 1. The summed E-state index contributed by atoms with van der Waals surface area (Å²) < 4.78 is 45.3. The predicted octanol–water partition coefficient (Wildman–Crippen LogP) is 5.17. The largest absolute Gasteiger partial charge is 0.489 e. The molecule has 0 aliphatic heterocycles. The zero-order chi connectivity index (χ0) is 23.1. The van der Waals surface area contributed by atoms with Crippen LogP contribution in [0.2, 0.25) is 0 Å². The number of alkyl halides is 3. The molecule has 170 valence electrons. The molecule has 0 atom stereocenters. The Labute approximate surface area is 185 Å². The Hall–Kier alpha value is -3.29. The zero-order valence-corrected chi connectivity index (χ0v) is 18.1. The molecule has 1 amide bonds. The summed E-state index contributed by atoms with van der Waals surface area (Å²) in [6.45, 7) is 4.62. The van der Waals surface area contributed by atoms with Gasteiger partial charge in [0.15, 0.2) is 5.69 Å². The van der Waals surface area contributed by atoms with Gasteiger partial charge in [0, 0.05) is 24.3 Å². The van der Waals surface area contributed by atoms with E-state index in [0.717, 1.165) is 23.8 Å². The highest BCUT2D eigenvalue weighted by molar-refractivity contribution is 5.94. The number of carbonyl (C=O) groups is 1. The molecular weight excluding hydrogens is 419 g/mol. The lowest BCUT2D eigenvalue weighted by Crippen LogP contribution is -2.25. The first-order valence-electron chi connectivity index (χ1n) is 10.5. The van der Waals surface area contributed by atoms with Gasteiger partial charge >= 0.3 is 6.18 Å². The molecule has 8 heteroatoms. The predicted molar refractivity (Wildman–Crippen MR) is 116 cm³/mol. The van der Waals surface area contributed by atoms with Crippen molar-refractivity contribution in [3.05, 3.63) is 82.7 Å². The molecule has 1 heterocycles. The molecule has 0 aliphatic rings. The third-order valence-electron chi connectivity index (χ3n) is 5.03. The Morgan fingerprint density at radius 1 is 1.09 bits per heavy atom. The first kappa shape index (κ1) is 23.4. The minimum atomic E-state index is -4.46. The van der Waals surface area contributed by atoms with Crippen LogP contribution >= 0.6 is 0 Å². The molecule has 2 aromatic carbocycles. The van der Waals surface area contributed by atoms with E-state index in [2.05, 4.69) is 17.3 Å². The summed E-state index contributed by atoms with van der Waals surface area (Å²) in [6.07, 6.45) is -3.03. The molecule has 0 radical (unpaired) electrons. The molecular formula is C24H26F3N3O2. The van der Waals surface area contributed by atoms with Gasteiger partial charge in [-0.2, -0.15) is 18.3 Å². The van der Waals surface area contributed by atoms with Crippen LogP contribution in [0.4, 0.5) is 13.2 Å². The summed E-state index contributed by atoms with van der Waals surface area (Å²) in [5, 5.41) is 6.38. The molecule has 3 rings (SSSR count). The van der Waals surface area contributed by atoms with Crippen LogP contribution in [-0.2, 0) is 25.7 Å². The van der Waals surface area contributed by atoms with E-state index >= 15 is 0 Å². The van der Waals surface area contributed by atoms with Crippen LogP contribution in [-0.4, -0.2) is 22.2 Å². The Morgan fingerprint density at radius 2 is 1.84 bits per heavy atom. The summed E-state index contributed by atoms with van der Waals surface area (Å²) in [5.41, 5.74) is 2.13. The molecule has 0 fully saturated rings. The number of aryl methyl sites for hydroxylation is 3. The van der Waals surface area contributed by atoms with Crippen LogP contribution in [0.15, 0.2) is 54.6 Å². The minimum Gasteiger partial charge on any atom is -0.489 e. The van der Waals surface area contributed by atoms with Crippen LogP contribution in [0.25, 0.3) is 0 Å². The van der Waals surface area contributed by atoms with Gasteiger partial charge in [-0.3, -0.25) is 9.48 Å². The molecule has 5 nitrogen and oxygen atoms in total. The lowest BCUT2D eigenvalue weighted by Gasteiger charge is -2.10. The lowest BCUT2D eigenvalue weighted by atomic mass is 10.1. The third kappa shape index (κ3) is 6.35. The summed E-state index contributed by atoms with van der Waals surface area (Å²) in [7, 11) is 0. The molecule has 1 aromatic heterocycles. The molecule has 3 aromatic rings. The SMILES string of the molecule is CCc1ccc(OCc2cccc(C(=O)NCCCn3nc(C(F)(F)F)cc3C)c2)cc1. The fourth-order valence-electron chi connectivity index (χ4n) is 3.20. The van der Waals surface area contributed by atoms with Crippen molar-refractivity contribution in [2.45, 2.75) is 46.0 Å². The average molecular weight is 445 g/mol. The second-order valence-corrected chi connectivity index (χ2v) is 7.49. The second kappa shape index (κ2) is 10.3. The number of halogens is 3. The highest BCUT2D eigenvalue weighted by Gasteiger charge is 2.34. The van der Waals surface area contributed by atoms with Crippen molar-refractivity contribution in [2.75, 3.05) is 6.54 Å². The van der Waals surface area contributed by atoms with Gasteiger partial charge in [0.25, 0.3) is 5.91 Å². The molecule has 0 unspecified atom stereocenters. The number of amides is 1. The van der Waals surface area contributed by atoms with Gasteiger partial charge in [0.2, 0.25) is 0 Å². The monoisotopic (exact) mass is 445 g/mol. The standard InChI is InChI=1S/C24H26F3N3O2/c1-3-18-8-10-21(11-9-18)32-16-19-6-4-7-20(15-19)23(31)28-12-5-13-30-17(2)14-22(29-30)24(25,26)27/h4,6-11,14-15H,3,5,12-13,16H2,1-2H3,(H,28,31). The molecule has 0 saturated heterocycles. The Balaban J connectivity index is 1.47. The summed E-state index contributed by atoms with van der Waals surface area (Å²) in [6, 6.07) is 16.1. The highest BCUT2D eigenvalue weighted by Crippen LogP contribution is 2.28. The Bertz CT molecular complexity index is 1040. The minimum absolute atomic E-state index is 0.243. The maximum Gasteiger partial charge on any atom is 0.435 e. The van der Waals surface area contributed by atoms with Gasteiger partial charge < -0.3 is 10.1 Å². The third-order valence-corrected chi connectivity index (χ3v) is 5.03. The Morgan fingerprint density at radius 3 is 2.50 bits per heavy atom. The number of ether oxygens (including phenoxy) is 1. The van der Waals surface area contributed by atoms with Gasteiger partial charge in [-0.05, 0) is 61.2 Å². The van der Waals surface area contributed by atoms with E-state index < -0.39 is 11.9 Å². The van der Waals surface area contributed by atoms with Crippen molar-refractivity contribution in [1.82, 2.24) is 15.1 Å². The van der Waals surface area contributed by atoms with E-state index in [4.69, 9.17) is 4.74 Å². The number of benzene rings is 2. The van der Waals surface area contributed by atoms with Gasteiger partial charge in [0.1, 0.15) is 12.4 Å². The van der Waals surface area contributed by atoms with Crippen LogP contribution in [0.3, 0.4) is 0 Å². The van der Waals surface area contributed by atoms with Crippen molar-refractivity contribution in [1.29, 1.82) is 0 Å². The smallest absolute Gasteiger partial charge is 0.435 e. The number of nitrogens with one attached hydrogen (secondary N) is 1. The number of nitrogens with zero attached hydrogens (tertiary/aromatic N) is 2. The van der Waals surface area contributed by atoms with Crippen LogP contribution < -0.4 is 10.1 Å². The van der Waals surface area contributed by atoms with Gasteiger partial charge in [-0.25, -0.2) is 0 Å². The van der Waals surface area contributed by atoms with Crippen molar-refractivity contribution in [2.24, 2.45) is 0 Å². The highest BCUT2D eigenvalue weighted by atomic mass is 19.4. The van der Waals surface area contributed by atoms with Crippen LogP contribution in [0.5, 0.6) is 5.75 Å². The lowest BCUT2D eigenvalue weighted by molar-refractivity contribution is -0.141. The van der Waals surface area contributed by atoms with Crippen molar-refractivity contribution in [3.8, 4) is 5.75 Å². The first-order chi connectivity index (χ1) is 15.3. The first-order valence-corrected chi connectivity index (χ1v) is 10.5. The fraction of sp³-hybridized carbons (Fsp3) is 0.333. The van der Waals surface area contributed by atoms with E-state index in [-0.39, 0.29) is 12.5 Å². The summed E-state index contributed by atoms with van der Waals surface area (Å²) >= 11 is 0. The normalized spacial score (nSPS) is 11.4. The molecule has 0 bridgehead atoms. The summed E-state index contributed by atoms with van der Waals surface area (Å²) in [5.74, 6) is 0.520. The topological polar surface area (TPSA) is 56.1 Å². The van der Waals surface area contributed by atoms with E-state index in [1.165, 1.54) is 10.2 Å². The van der Waals surface area contributed by atoms with E-state index in [9.17, 15) is 18.0 Å². The van der Waals surface area contributed by atoms with Gasteiger partial charge in [0.05, 0.1) is 0 Å².